The lowest BCUT2D eigenvalue weighted by Gasteiger charge is -2.05. The van der Waals surface area contributed by atoms with Crippen LogP contribution in [0.4, 0.5) is 0 Å². The van der Waals surface area contributed by atoms with Gasteiger partial charge in [0, 0.05) is 0 Å². The Morgan fingerprint density at radius 3 is 2.32 bits per heavy atom. The molecule has 0 aromatic heterocycles. The maximum absolute atomic E-state index is 5.59. The predicted octanol–water partition coefficient (Wildman–Crippen LogP) is 4.31. The Labute approximate surface area is 132 Å². The van der Waals surface area contributed by atoms with E-state index in [1.807, 2.05) is 18.2 Å². The summed E-state index contributed by atoms with van der Waals surface area (Å²) in [5.74, 6) is 1.32. The summed E-state index contributed by atoms with van der Waals surface area (Å²) in [6, 6.07) is 18.6. The van der Waals surface area contributed by atoms with E-state index < -0.39 is 0 Å². The molecule has 0 radical (unpaired) electrons. The number of ether oxygens (including phenoxy) is 1. The maximum atomic E-state index is 5.59. The second-order valence-electron chi connectivity index (χ2n) is 5.59. The highest BCUT2D eigenvalue weighted by atomic mass is 16.6. The molecule has 2 rings (SSSR count). The van der Waals surface area contributed by atoms with E-state index in [2.05, 4.69) is 55.4 Å². The lowest BCUT2D eigenvalue weighted by Crippen LogP contribution is -2.01. The van der Waals surface area contributed by atoms with Crippen molar-refractivity contribution in [3.63, 3.8) is 0 Å². The zero-order chi connectivity index (χ0) is 15.6. The van der Waals surface area contributed by atoms with E-state index in [-0.39, 0.29) is 0 Å². The zero-order valence-electron chi connectivity index (χ0n) is 13.2. The van der Waals surface area contributed by atoms with Gasteiger partial charge in [-0.3, -0.25) is 0 Å². The Morgan fingerprint density at radius 2 is 1.64 bits per heavy atom. The molecule has 0 heterocycles. The smallest absolute Gasteiger partial charge is 0.127 e. The lowest BCUT2D eigenvalue weighted by molar-refractivity contribution is 0.118. The van der Waals surface area contributed by atoms with Crippen LogP contribution in [0.2, 0.25) is 0 Å². The number of hydrogen-bond acceptors (Lipinski definition) is 3. The molecule has 2 aromatic carbocycles. The predicted molar refractivity (Wildman–Crippen MR) is 90.5 cm³/mol. The first-order valence-corrected chi connectivity index (χ1v) is 7.63. The number of rotatable bonds is 8. The van der Waals surface area contributed by atoms with Gasteiger partial charge in [-0.15, -0.1) is 0 Å². The van der Waals surface area contributed by atoms with Crippen LogP contribution in [0.25, 0.3) is 0 Å². The molecule has 0 amide bonds. The van der Waals surface area contributed by atoms with Crippen LogP contribution in [0.3, 0.4) is 0 Å². The quantitative estimate of drug-likeness (QED) is 0.537. The largest absolute Gasteiger partial charge is 0.488 e. The first-order valence-electron chi connectivity index (χ1n) is 7.63. The zero-order valence-corrected chi connectivity index (χ0v) is 13.2. The number of benzene rings is 2. The Balaban J connectivity index is 1.75. The molecule has 0 aliphatic heterocycles. The summed E-state index contributed by atoms with van der Waals surface area (Å²) in [6.07, 6.45) is 2.58. The van der Waals surface area contributed by atoms with Crippen molar-refractivity contribution >= 4 is 6.21 Å². The average Bonchev–Trinajstić information content (AvgIpc) is 2.53. The van der Waals surface area contributed by atoms with E-state index in [9.17, 15) is 0 Å². The summed E-state index contributed by atoms with van der Waals surface area (Å²) in [6.45, 7) is 5.22. The summed E-state index contributed by atoms with van der Waals surface area (Å²) in [7, 11) is 0. The third-order valence-electron chi connectivity index (χ3n) is 3.06. The van der Waals surface area contributed by atoms with Gasteiger partial charge in [-0.1, -0.05) is 61.5 Å². The molecular weight excluding hydrogens is 274 g/mol. The Morgan fingerprint density at radius 1 is 0.955 bits per heavy atom. The number of hydrogen-bond donors (Lipinski definition) is 0. The Hall–Kier alpha value is -2.29. The van der Waals surface area contributed by atoms with Crippen LogP contribution in [0.15, 0.2) is 59.8 Å². The van der Waals surface area contributed by atoms with Gasteiger partial charge >= 0.3 is 0 Å². The first-order chi connectivity index (χ1) is 10.7. The van der Waals surface area contributed by atoms with Crippen LogP contribution >= 0.6 is 0 Å². The second kappa shape index (κ2) is 8.88. The highest BCUT2D eigenvalue weighted by Crippen LogP contribution is 2.15. The first kappa shape index (κ1) is 16.1. The van der Waals surface area contributed by atoms with E-state index in [1.165, 1.54) is 11.1 Å². The van der Waals surface area contributed by atoms with Crippen molar-refractivity contribution in [2.24, 2.45) is 11.1 Å². The average molecular weight is 297 g/mol. The fraction of sp³-hybridized carbons (Fsp3) is 0.316. The molecule has 116 valence electrons. The molecule has 0 bridgehead atoms. The molecule has 0 saturated carbocycles. The second-order valence-corrected chi connectivity index (χ2v) is 5.59. The van der Waals surface area contributed by atoms with Crippen LogP contribution in [-0.4, -0.2) is 19.4 Å². The van der Waals surface area contributed by atoms with Gasteiger partial charge in [-0.25, -0.2) is 0 Å². The van der Waals surface area contributed by atoms with Crippen LogP contribution in [0, 0.1) is 5.92 Å². The fourth-order valence-electron chi connectivity index (χ4n) is 1.94. The highest BCUT2D eigenvalue weighted by molar-refractivity contribution is 5.58. The summed E-state index contributed by atoms with van der Waals surface area (Å²) in [5, 5.41) is 3.85. The van der Waals surface area contributed by atoms with E-state index in [0.717, 1.165) is 12.2 Å². The third-order valence-corrected chi connectivity index (χ3v) is 3.06. The molecule has 0 spiro atoms. The maximum Gasteiger partial charge on any atom is 0.127 e. The van der Waals surface area contributed by atoms with E-state index in [4.69, 9.17) is 9.57 Å². The molecular formula is C19H23NO2. The topological polar surface area (TPSA) is 30.8 Å². The van der Waals surface area contributed by atoms with Gasteiger partial charge in [0.05, 0.1) is 6.21 Å². The number of nitrogens with zero attached hydrogens (tertiary/aromatic N) is 1. The summed E-state index contributed by atoms with van der Waals surface area (Å²) >= 11 is 0. The fourth-order valence-corrected chi connectivity index (χ4v) is 1.94. The Bertz CT molecular complexity index is 562. The molecule has 0 aliphatic rings. The minimum Gasteiger partial charge on any atom is -0.488 e. The van der Waals surface area contributed by atoms with Crippen molar-refractivity contribution in [2.45, 2.75) is 20.3 Å². The van der Waals surface area contributed by atoms with Crippen LogP contribution in [0.5, 0.6) is 5.75 Å². The monoisotopic (exact) mass is 297 g/mol. The van der Waals surface area contributed by atoms with E-state index >= 15 is 0 Å². The van der Waals surface area contributed by atoms with Crippen LogP contribution in [0.1, 0.15) is 25.0 Å². The normalized spacial score (nSPS) is 11.0. The molecule has 0 aliphatic carbocycles. The Kier molecular flexibility index (Phi) is 6.49. The standard InChI is InChI=1S/C19H23NO2/c1-16(2)15-22-20-12-13-21-19-10-8-18(9-11-19)14-17-6-4-3-5-7-17/h3-12,16H,13-15H2,1-2H3/b20-12+. The molecule has 0 unspecified atom stereocenters. The van der Waals surface area contributed by atoms with Crippen molar-refractivity contribution in [3.8, 4) is 5.75 Å². The summed E-state index contributed by atoms with van der Waals surface area (Å²) < 4.78 is 5.59. The van der Waals surface area contributed by atoms with Gasteiger partial charge in [0.1, 0.15) is 19.0 Å². The molecule has 3 heteroatoms. The molecule has 0 saturated heterocycles. The summed E-state index contributed by atoms with van der Waals surface area (Å²) in [5.41, 5.74) is 2.58. The highest BCUT2D eigenvalue weighted by Gasteiger charge is 1.97. The van der Waals surface area contributed by atoms with Gasteiger partial charge in [-0.2, -0.15) is 0 Å². The summed E-state index contributed by atoms with van der Waals surface area (Å²) in [4.78, 5) is 5.11. The minimum absolute atomic E-state index is 0.413. The van der Waals surface area contributed by atoms with Crippen LogP contribution < -0.4 is 4.74 Å². The van der Waals surface area contributed by atoms with Crippen molar-refractivity contribution in [3.05, 3.63) is 65.7 Å². The van der Waals surface area contributed by atoms with Crippen LogP contribution in [-0.2, 0) is 11.3 Å². The molecule has 22 heavy (non-hydrogen) atoms. The van der Waals surface area contributed by atoms with E-state index in [0.29, 0.717) is 19.1 Å². The van der Waals surface area contributed by atoms with Crippen molar-refractivity contribution in [2.75, 3.05) is 13.2 Å². The van der Waals surface area contributed by atoms with Crippen molar-refractivity contribution < 1.29 is 9.57 Å². The molecule has 0 fully saturated rings. The molecule has 3 nitrogen and oxygen atoms in total. The SMILES string of the molecule is CC(C)CO/N=C/COc1ccc(Cc2ccccc2)cc1. The van der Waals surface area contributed by atoms with Gasteiger partial charge < -0.3 is 9.57 Å². The number of oxime groups is 1. The lowest BCUT2D eigenvalue weighted by atomic mass is 10.1. The van der Waals surface area contributed by atoms with Crippen molar-refractivity contribution in [1.82, 2.24) is 0 Å². The van der Waals surface area contributed by atoms with Crippen molar-refractivity contribution in [1.29, 1.82) is 0 Å². The van der Waals surface area contributed by atoms with Gasteiger partial charge in [0.25, 0.3) is 0 Å². The molecule has 2 aromatic rings. The van der Waals surface area contributed by atoms with Gasteiger partial charge in [-0.05, 0) is 35.6 Å². The van der Waals surface area contributed by atoms with E-state index in [1.54, 1.807) is 6.21 Å². The van der Waals surface area contributed by atoms with Gasteiger partial charge in [0.15, 0.2) is 0 Å². The minimum atomic E-state index is 0.413. The molecule has 0 atom stereocenters. The van der Waals surface area contributed by atoms with Gasteiger partial charge in [0.2, 0.25) is 0 Å². The third kappa shape index (κ3) is 6.00. The molecule has 0 N–H and O–H groups in total.